The van der Waals surface area contributed by atoms with E-state index >= 15 is 0 Å². The first-order valence-electron chi connectivity index (χ1n) is 4.11. The minimum Gasteiger partial charge on any atom is -0.192 e. The lowest BCUT2D eigenvalue weighted by Crippen LogP contribution is -1.65. The molecular weight excluding hydrogens is 210 g/mol. The first kappa shape index (κ1) is 9.32. The highest BCUT2D eigenvalue weighted by Gasteiger charge is 2.00. The Hall–Kier alpha value is -1.24. The van der Waals surface area contributed by atoms with Crippen LogP contribution in [0.4, 0.5) is 0 Å². The van der Waals surface area contributed by atoms with Crippen molar-refractivity contribution < 1.29 is 0 Å². The largest absolute Gasteiger partial charge is 0.192 e. The number of hydrogen-bond donors (Lipinski definition) is 0. The van der Waals surface area contributed by atoms with Crippen LogP contribution in [0, 0.1) is 11.3 Å². The van der Waals surface area contributed by atoms with Gasteiger partial charge in [0.2, 0.25) is 0 Å². The van der Waals surface area contributed by atoms with Crippen molar-refractivity contribution in [2.45, 2.75) is 9.10 Å². The van der Waals surface area contributed by atoms with E-state index in [1.54, 1.807) is 11.8 Å². The van der Waals surface area contributed by atoms with E-state index in [0.717, 1.165) is 9.09 Å². The molecule has 2 aromatic rings. The van der Waals surface area contributed by atoms with Gasteiger partial charge in [0.1, 0.15) is 10.9 Å². The van der Waals surface area contributed by atoms with Crippen molar-refractivity contribution in [1.29, 1.82) is 5.26 Å². The topological polar surface area (TPSA) is 23.8 Å². The van der Waals surface area contributed by atoms with Gasteiger partial charge in [-0.3, -0.25) is 0 Å². The minimum absolute atomic E-state index is 0.767. The van der Waals surface area contributed by atoms with Gasteiger partial charge in [-0.2, -0.15) is 5.26 Å². The van der Waals surface area contributed by atoms with Crippen molar-refractivity contribution in [1.82, 2.24) is 0 Å². The fraction of sp³-hybridized carbons (Fsp3) is 0. The van der Waals surface area contributed by atoms with Crippen molar-refractivity contribution in [3.63, 3.8) is 0 Å². The smallest absolute Gasteiger partial charge is 0.110 e. The quantitative estimate of drug-likeness (QED) is 0.764. The molecule has 0 N–H and O–H groups in total. The van der Waals surface area contributed by atoms with Gasteiger partial charge in [-0.1, -0.05) is 30.0 Å². The lowest BCUT2D eigenvalue weighted by Gasteiger charge is -1.95. The molecule has 1 nitrogen and oxygen atoms in total. The summed E-state index contributed by atoms with van der Waals surface area (Å²) in [7, 11) is 0. The van der Waals surface area contributed by atoms with Crippen LogP contribution < -0.4 is 0 Å². The molecule has 0 bridgehead atoms. The zero-order chi connectivity index (χ0) is 9.80. The fourth-order valence-electron chi connectivity index (χ4n) is 1.04. The van der Waals surface area contributed by atoms with Gasteiger partial charge in [0.15, 0.2) is 0 Å². The second-order valence-electron chi connectivity index (χ2n) is 2.65. The molecule has 2 rings (SSSR count). The normalized spacial score (nSPS) is 9.64. The van der Waals surface area contributed by atoms with Crippen molar-refractivity contribution in [3.8, 4) is 6.07 Å². The molecule has 0 spiro atoms. The third-order valence-electron chi connectivity index (χ3n) is 1.65. The summed E-state index contributed by atoms with van der Waals surface area (Å²) in [5.74, 6) is 0. The third kappa shape index (κ3) is 2.16. The van der Waals surface area contributed by atoms with Crippen LogP contribution in [-0.2, 0) is 0 Å². The Kier molecular flexibility index (Phi) is 2.87. The van der Waals surface area contributed by atoms with Crippen molar-refractivity contribution in [2.24, 2.45) is 0 Å². The molecule has 0 unspecified atom stereocenters. The Morgan fingerprint density at radius 3 is 2.50 bits per heavy atom. The Balaban J connectivity index is 2.16. The maximum Gasteiger partial charge on any atom is 0.110 e. The molecule has 1 aromatic carbocycles. The summed E-state index contributed by atoms with van der Waals surface area (Å²) in [5.41, 5.74) is 0. The SMILES string of the molecule is N#Cc1ccc(Sc2ccccc2)s1. The van der Waals surface area contributed by atoms with Gasteiger partial charge in [-0.05, 0) is 24.3 Å². The van der Waals surface area contributed by atoms with Gasteiger partial charge in [-0.25, -0.2) is 0 Å². The van der Waals surface area contributed by atoms with Crippen LogP contribution in [0.1, 0.15) is 4.88 Å². The first-order chi connectivity index (χ1) is 6.88. The molecule has 0 saturated heterocycles. The van der Waals surface area contributed by atoms with Crippen LogP contribution in [0.5, 0.6) is 0 Å². The molecule has 68 valence electrons. The van der Waals surface area contributed by atoms with Crippen LogP contribution in [0.15, 0.2) is 51.6 Å². The summed E-state index contributed by atoms with van der Waals surface area (Å²) in [5, 5.41) is 8.67. The second kappa shape index (κ2) is 4.32. The third-order valence-corrected chi connectivity index (χ3v) is 3.78. The van der Waals surface area contributed by atoms with E-state index in [2.05, 4.69) is 18.2 Å². The van der Waals surface area contributed by atoms with Crippen molar-refractivity contribution in [3.05, 3.63) is 47.3 Å². The Morgan fingerprint density at radius 2 is 1.86 bits per heavy atom. The molecular formula is C11H7NS2. The zero-order valence-corrected chi connectivity index (χ0v) is 8.94. The number of rotatable bonds is 2. The summed E-state index contributed by atoms with van der Waals surface area (Å²) in [6.07, 6.45) is 0. The molecule has 0 aliphatic rings. The Labute approximate surface area is 91.0 Å². The molecule has 3 heteroatoms. The number of nitrogens with zero attached hydrogens (tertiary/aromatic N) is 1. The van der Waals surface area contributed by atoms with Crippen LogP contribution in [0.3, 0.4) is 0 Å². The van der Waals surface area contributed by atoms with Crippen molar-refractivity contribution >= 4 is 23.1 Å². The van der Waals surface area contributed by atoms with Gasteiger partial charge in [0.25, 0.3) is 0 Å². The summed E-state index contributed by atoms with van der Waals surface area (Å²) >= 11 is 3.22. The molecule has 1 heterocycles. The molecule has 0 saturated carbocycles. The van der Waals surface area contributed by atoms with Crippen LogP contribution in [-0.4, -0.2) is 0 Å². The number of benzene rings is 1. The van der Waals surface area contributed by atoms with E-state index in [4.69, 9.17) is 5.26 Å². The van der Waals surface area contributed by atoms with Gasteiger partial charge in [-0.15, -0.1) is 11.3 Å². The van der Waals surface area contributed by atoms with E-state index in [9.17, 15) is 0 Å². The van der Waals surface area contributed by atoms with E-state index in [1.807, 2.05) is 30.3 Å². The first-order valence-corrected chi connectivity index (χ1v) is 5.74. The van der Waals surface area contributed by atoms with Gasteiger partial charge in [0.05, 0.1) is 4.21 Å². The highest BCUT2D eigenvalue weighted by atomic mass is 32.2. The van der Waals surface area contributed by atoms with Gasteiger partial charge < -0.3 is 0 Å². The molecule has 0 amide bonds. The van der Waals surface area contributed by atoms with E-state index in [-0.39, 0.29) is 0 Å². The second-order valence-corrected chi connectivity index (χ2v) is 5.10. The van der Waals surface area contributed by atoms with E-state index in [0.29, 0.717) is 0 Å². The maximum absolute atomic E-state index is 8.67. The van der Waals surface area contributed by atoms with E-state index in [1.165, 1.54) is 16.2 Å². The molecule has 14 heavy (non-hydrogen) atoms. The lowest BCUT2D eigenvalue weighted by atomic mass is 10.4. The average molecular weight is 217 g/mol. The Morgan fingerprint density at radius 1 is 1.07 bits per heavy atom. The van der Waals surface area contributed by atoms with Gasteiger partial charge in [0, 0.05) is 4.90 Å². The summed E-state index contributed by atoms with van der Waals surface area (Å²) in [4.78, 5) is 1.97. The van der Waals surface area contributed by atoms with Crippen molar-refractivity contribution in [2.75, 3.05) is 0 Å². The molecule has 0 atom stereocenters. The average Bonchev–Trinajstić information content (AvgIpc) is 2.67. The Bertz CT molecular complexity index is 454. The molecule has 0 aliphatic heterocycles. The predicted octanol–water partition coefficient (Wildman–Crippen LogP) is 3.77. The molecule has 0 fully saturated rings. The van der Waals surface area contributed by atoms with E-state index < -0.39 is 0 Å². The van der Waals surface area contributed by atoms with Crippen LogP contribution in [0.25, 0.3) is 0 Å². The lowest BCUT2D eigenvalue weighted by molar-refractivity contribution is 1.46. The minimum atomic E-state index is 0.767. The molecule has 0 aliphatic carbocycles. The monoisotopic (exact) mass is 217 g/mol. The predicted molar refractivity (Wildman–Crippen MR) is 59.6 cm³/mol. The zero-order valence-electron chi connectivity index (χ0n) is 7.31. The van der Waals surface area contributed by atoms with Gasteiger partial charge >= 0.3 is 0 Å². The number of nitriles is 1. The summed E-state index contributed by atoms with van der Waals surface area (Å²) < 4.78 is 1.16. The number of thiophene rings is 1. The summed E-state index contributed by atoms with van der Waals surface area (Å²) in [6.45, 7) is 0. The maximum atomic E-state index is 8.67. The number of hydrogen-bond acceptors (Lipinski definition) is 3. The highest BCUT2D eigenvalue weighted by Crippen LogP contribution is 2.32. The highest BCUT2D eigenvalue weighted by molar-refractivity contribution is 8.01. The standard InChI is InChI=1S/C11H7NS2/c12-8-10-6-7-11(14-10)13-9-4-2-1-3-5-9/h1-7H. The molecule has 0 radical (unpaired) electrons. The molecule has 1 aromatic heterocycles. The fourth-order valence-corrected chi connectivity index (χ4v) is 2.96. The summed E-state index contributed by atoms with van der Waals surface area (Å²) in [6, 6.07) is 16.1. The van der Waals surface area contributed by atoms with Crippen LogP contribution in [0.2, 0.25) is 0 Å². The van der Waals surface area contributed by atoms with Crippen LogP contribution >= 0.6 is 23.1 Å².